The second kappa shape index (κ2) is 28.6. The molecule has 0 atom stereocenters. The molecule has 0 saturated carbocycles. The molecule has 4 nitrogen and oxygen atoms in total. The van der Waals surface area contributed by atoms with E-state index in [4.69, 9.17) is 9.47 Å². The number of fused-ring (bicyclic) bond motifs is 4. The smallest absolute Gasteiger partial charge is 0.131 e. The van der Waals surface area contributed by atoms with Gasteiger partial charge < -0.3 is 34.5 Å². The van der Waals surface area contributed by atoms with Gasteiger partial charge in [0.1, 0.15) is 34.6 Å². The maximum Gasteiger partial charge on any atom is 0.131 e. The summed E-state index contributed by atoms with van der Waals surface area (Å²) < 4.78 is 45.5. The molecule has 10 rings (SSSR count). The van der Waals surface area contributed by atoms with Gasteiger partial charge in [-0.25, -0.2) is 8.78 Å². The van der Waals surface area contributed by atoms with Gasteiger partial charge in [0.05, 0.1) is 13.2 Å². The van der Waals surface area contributed by atoms with Crippen LogP contribution < -0.4 is 9.47 Å². The van der Waals surface area contributed by atoms with E-state index in [1.54, 1.807) is 12.1 Å². The molecule has 508 valence electrons. The number of halogens is 2. The van der Waals surface area contributed by atoms with Crippen molar-refractivity contribution in [3.8, 4) is 67.5 Å². The van der Waals surface area contributed by atoms with Crippen molar-refractivity contribution < 1.29 is 54.3 Å². The molecule has 0 fully saturated rings. The molecule has 0 heterocycles. The standard InChI is InChI=1S/C87H102F2O4.2CH3.Hf/c1-21-22-24-53-25-26-54-40-56-42-58(83(8,9)10)29-33-65(56)77(67(54)39-53)73-47-61(86(17,18)51-81(2,3)4)45-71(79(73)90)69-49-63(88)31-35-75(69)92-37-23-38-93-76-36-32-64(89)50-70(76)72-46-62(87(19,20)52-82(5,6)7)48-74(80(72)91)78-66-34-30-59(84(11,12)13)43-57(66)41-55-27-28-60(44-68(55)78)85(14,15)16;;;/h25-36,39-50,90-91H,21-24,37-38,51-52H2,1-20H3;2*1H3;/q;2*-1;. The summed E-state index contributed by atoms with van der Waals surface area (Å²) in [5, 5.41) is 34.8. The molecule has 0 aromatic heterocycles. The number of phenolic OH excluding ortho intramolecular Hbond substituents is 2. The van der Waals surface area contributed by atoms with E-state index in [1.165, 1.54) is 46.5 Å². The SMILES string of the molecule is CCCCc1ccc2cc3cc(C(C)(C)C)ccc3c(-c3cc(C(C)(C)CC(C)(C)C)cc(-c4cc(F)ccc4OCCCOc4ccc(F)cc4-c4cc(C(C)(C)CC(C)(C)C)cc(-c5c6ccc(C(C)(C)C)cc6cc6ccc(C(C)(C)C)cc56)c4O)c3O)c2c1.[CH3-].[CH3-].[Hf]. The second-order valence-electron chi connectivity index (χ2n) is 33.6. The van der Waals surface area contributed by atoms with Crippen LogP contribution in [0.3, 0.4) is 0 Å². The Morgan fingerprint density at radius 1 is 0.354 bits per heavy atom. The maximum absolute atomic E-state index is 16.0. The van der Waals surface area contributed by atoms with Crippen LogP contribution in [-0.4, -0.2) is 23.4 Å². The van der Waals surface area contributed by atoms with Crippen LogP contribution in [0.1, 0.15) is 204 Å². The predicted octanol–water partition coefficient (Wildman–Crippen LogP) is 26.1. The summed E-state index contributed by atoms with van der Waals surface area (Å²) in [6, 6.07) is 48.9. The van der Waals surface area contributed by atoms with Crippen LogP contribution in [0.2, 0.25) is 0 Å². The normalized spacial score (nSPS) is 12.6. The maximum atomic E-state index is 16.0. The van der Waals surface area contributed by atoms with Gasteiger partial charge in [0.15, 0.2) is 0 Å². The Balaban J connectivity index is 0.00000433. The van der Waals surface area contributed by atoms with Crippen LogP contribution in [0.4, 0.5) is 8.78 Å². The quantitative estimate of drug-likeness (QED) is 0.0413. The molecule has 10 aromatic carbocycles. The van der Waals surface area contributed by atoms with Gasteiger partial charge in [-0.3, -0.25) is 0 Å². The Bertz CT molecular complexity index is 4470. The van der Waals surface area contributed by atoms with E-state index in [0.717, 1.165) is 97.4 Å². The van der Waals surface area contributed by atoms with Crippen LogP contribution in [0.5, 0.6) is 23.0 Å². The zero-order valence-corrected chi connectivity index (χ0v) is 65.6. The minimum absolute atomic E-state index is 0. The Kier molecular flexibility index (Phi) is 22.8. The zero-order chi connectivity index (χ0) is 67.7. The van der Waals surface area contributed by atoms with Crippen molar-refractivity contribution in [1.82, 2.24) is 0 Å². The predicted molar refractivity (Wildman–Crippen MR) is 405 cm³/mol. The first-order chi connectivity index (χ1) is 43.3. The number of phenols is 2. The van der Waals surface area contributed by atoms with Gasteiger partial charge in [0.2, 0.25) is 0 Å². The fourth-order valence-electron chi connectivity index (χ4n) is 14.6. The number of rotatable bonds is 17. The Labute approximate surface area is 594 Å². The fraction of sp³-hybridized carbons (Fsp3) is 0.393. The number of ether oxygens (including phenoxy) is 2. The number of hydrogen-bond donors (Lipinski definition) is 2. The van der Waals surface area contributed by atoms with Crippen LogP contribution in [0, 0.1) is 37.3 Å². The molecular weight excluding hydrogens is 1350 g/mol. The van der Waals surface area contributed by atoms with Gasteiger partial charge in [-0.05, 0) is 219 Å². The summed E-state index contributed by atoms with van der Waals surface area (Å²) in [6.07, 6.45) is 5.17. The first kappa shape index (κ1) is 76.5. The van der Waals surface area contributed by atoms with E-state index >= 15 is 8.78 Å². The van der Waals surface area contributed by atoms with Gasteiger partial charge >= 0.3 is 0 Å². The first-order valence-corrected chi connectivity index (χ1v) is 33.9. The molecule has 10 aromatic rings. The molecule has 0 aliphatic carbocycles. The minimum Gasteiger partial charge on any atom is -0.507 e. The van der Waals surface area contributed by atoms with E-state index in [1.807, 2.05) is 12.1 Å². The monoisotopic (exact) mass is 1460 g/mol. The fourth-order valence-corrected chi connectivity index (χ4v) is 14.6. The van der Waals surface area contributed by atoms with Gasteiger partial charge in [-0.15, -0.1) is 0 Å². The second-order valence-corrected chi connectivity index (χ2v) is 33.6. The van der Waals surface area contributed by atoms with Crippen LogP contribution in [0.15, 0.2) is 146 Å². The number of aromatic hydroxyl groups is 2. The van der Waals surface area contributed by atoms with Crippen molar-refractivity contribution in [2.24, 2.45) is 10.8 Å². The number of benzene rings is 10. The van der Waals surface area contributed by atoms with Crippen molar-refractivity contribution in [2.75, 3.05) is 13.2 Å². The van der Waals surface area contributed by atoms with Crippen LogP contribution in [-0.2, 0) is 59.3 Å². The number of aryl methyl sites for hydroxylation is 1. The molecule has 0 aliphatic rings. The van der Waals surface area contributed by atoms with Gasteiger partial charge in [-0.2, -0.15) is 0 Å². The third-order valence-electron chi connectivity index (χ3n) is 18.9. The summed E-state index contributed by atoms with van der Waals surface area (Å²) in [6.45, 7) is 45.2. The van der Waals surface area contributed by atoms with Crippen LogP contribution >= 0.6 is 0 Å². The minimum atomic E-state index is -0.456. The largest absolute Gasteiger partial charge is 0.507 e. The van der Waals surface area contributed by atoms with E-state index in [2.05, 4.69) is 236 Å². The molecule has 0 unspecified atom stereocenters. The first-order valence-electron chi connectivity index (χ1n) is 33.9. The summed E-state index contributed by atoms with van der Waals surface area (Å²) in [5.41, 5.74) is 10.8. The molecule has 96 heavy (non-hydrogen) atoms. The molecule has 2 N–H and O–H groups in total. The average molecular weight is 1460 g/mol. The average Bonchev–Trinajstić information content (AvgIpc) is 0.741. The van der Waals surface area contributed by atoms with Crippen molar-refractivity contribution in [3.05, 3.63) is 205 Å². The molecular formula is C89H108F2HfO4-2. The van der Waals surface area contributed by atoms with Crippen molar-refractivity contribution in [2.45, 2.75) is 204 Å². The molecule has 0 amide bonds. The molecule has 7 heteroatoms. The summed E-state index contributed by atoms with van der Waals surface area (Å²) in [5.74, 6) is 0.0191. The van der Waals surface area contributed by atoms with Crippen LogP contribution in [0.25, 0.3) is 87.6 Å². The topological polar surface area (TPSA) is 58.9 Å². The third kappa shape index (κ3) is 16.6. The van der Waals surface area contributed by atoms with E-state index in [0.29, 0.717) is 51.3 Å². The number of hydrogen-bond acceptors (Lipinski definition) is 4. The Hall–Kier alpha value is -6.83. The molecule has 0 radical (unpaired) electrons. The Morgan fingerprint density at radius 3 is 1.12 bits per heavy atom. The summed E-state index contributed by atoms with van der Waals surface area (Å²) in [7, 11) is 0. The van der Waals surface area contributed by atoms with E-state index < -0.39 is 11.6 Å². The van der Waals surface area contributed by atoms with E-state index in [9.17, 15) is 10.2 Å². The summed E-state index contributed by atoms with van der Waals surface area (Å²) >= 11 is 0. The number of unbranched alkanes of at least 4 members (excludes halogenated alkanes) is 1. The molecule has 0 bridgehead atoms. The van der Waals surface area contributed by atoms with Crippen molar-refractivity contribution >= 4 is 43.1 Å². The van der Waals surface area contributed by atoms with Gasteiger partial charge in [-0.1, -0.05) is 212 Å². The zero-order valence-electron chi connectivity index (χ0n) is 62.0. The van der Waals surface area contributed by atoms with Gasteiger partial charge in [0, 0.05) is 76.8 Å². The Morgan fingerprint density at radius 2 is 0.729 bits per heavy atom. The van der Waals surface area contributed by atoms with Crippen molar-refractivity contribution in [1.29, 1.82) is 0 Å². The summed E-state index contributed by atoms with van der Waals surface area (Å²) in [4.78, 5) is 0. The third-order valence-corrected chi connectivity index (χ3v) is 18.9. The van der Waals surface area contributed by atoms with Crippen molar-refractivity contribution in [3.63, 3.8) is 0 Å². The van der Waals surface area contributed by atoms with Gasteiger partial charge in [0.25, 0.3) is 0 Å². The molecule has 0 spiro atoms. The molecule has 0 saturated heterocycles. The molecule has 0 aliphatic heterocycles. The van der Waals surface area contributed by atoms with E-state index in [-0.39, 0.29) is 103 Å².